The van der Waals surface area contributed by atoms with Gasteiger partial charge in [0.1, 0.15) is 0 Å². The van der Waals surface area contributed by atoms with Crippen LogP contribution in [0.2, 0.25) is 0 Å². The molecule has 7 rings (SSSR count). The largest absolute Gasteiger partial charge is 0.378 e. The normalized spacial score (nSPS) is 13.6. The maximum atomic E-state index is 2.36. The van der Waals surface area contributed by atoms with Gasteiger partial charge in [-0.25, -0.2) is 0 Å². The van der Waals surface area contributed by atoms with Crippen molar-refractivity contribution in [2.75, 3.05) is 30.9 Å². The zero-order valence-corrected chi connectivity index (χ0v) is 20.9. The molecule has 0 aliphatic heterocycles. The quantitative estimate of drug-likeness (QED) is 0.263. The van der Waals surface area contributed by atoms with Gasteiger partial charge >= 0.3 is 0 Å². The average Bonchev–Trinajstić information content (AvgIpc) is 3.40. The van der Waals surface area contributed by atoms with Gasteiger partial charge < -0.3 is 9.80 Å². The highest BCUT2D eigenvalue weighted by atomic mass is 15.1. The van der Waals surface area contributed by atoms with Crippen molar-refractivity contribution in [2.24, 2.45) is 0 Å². The summed E-state index contributed by atoms with van der Waals surface area (Å²) in [5.74, 6) is 0. The van der Waals surface area contributed by atoms with Crippen LogP contribution in [0, 0.1) is 0 Å². The number of rotatable bonds is 3. The highest BCUT2D eigenvalue weighted by Gasteiger charge is 2.52. The minimum atomic E-state index is -0.344. The highest BCUT2D eigenvalue weighted by Crippen LogP contribution is 2.64. The van der Waals surface area contributed by atoms with E-state index in [-0.39, 0.29) is 5.41 Å². The van der Waals surface area contributed by atoms with Gasteiger partial charge in [-0.2, -0.15) is 0 Å². The van der Waals surface area contributed by atoms with Crippen LogP contribution in [-0.4, -0.2) is 21.1 Å². The van der Waals surface area contributed by atoms with E-state index >= 15 is 0 Å². The Morgan fingerprint density at radius 3 is 1.53 bits per heavy atom. The van der Waals surface area contributed by atoms with Crippen molar-refractivity contribution in [3.05, 3.63) is 138 Å². The molecule has 0 aromatic heterocycles. The summed E-state index contributed by atoms with van der Waals surface area (Å²) in [6.07, 6.45) is 0. The highest BCUT2D eigenvalue weighted by molar-refractivity contribution is 5.98. The summed E-state index contributed by atoms with van der Waals surface area (Å²) in [6, 6.07) is 42.6. The SMILES string of the molecule is CN(C)c1cccc(N(C)c2cccc3c2C2(c4ccccc4-c4ccccc42)c2ccccc2-3)c1. The lowest BCUT2D eigenvalue weighted by atomic mass is 9.70. The van der Waals surface area contributed by atoms with Crippen molar-refractivity contribution in [2.45, 2.75) is 5.41 Å². The summed E-state index contributed by atoms with van der Waals surface area (Å²) < 4.78 is 0. The van der Waals surface area contributed by atoms with Gasteiger partial charge in [0.2, 0.25) is 0 Å². The van der Waals surface area contributed by atoms with Crippen LogP contribution in [0.5, 0.6) is 0 Å². The van der Waals surface area contributed by atoms with Crippen LogP contribution < -0.4 is 9.80 Å². The molecule has 0 unspecified atom stereocenters. The Morgan fingerprint density at radius 1 is 0.472 bits per heavy atom. The van der Waals surface area contributed by atoms with Crippen molar-refractivity contribution in [3.8, 4) is 22.3 Å². The average molecular weight is 465 g/mol. The fraction of sp³-hybridized carbons (Fsp3) is 0.118. The molecule has 2 aliphatic rings. The van der Waals surface area contributed by atoms with Crippen molar-refractivity contribution >= 4 is 17.1 Å². The molecule has 0 bridgehead atoms. The monoisotopic (exact) mass is 464 g/mol. The molecule has 1 spiro atoms. The summed E-state index contributed by atoms with van der Waals surface area (Å²) in [6.45, 7) is 0. The summed E-state index contributed by atoms with van der Waals surface area (Å²) in [5.41, 5.74) is 14.1. The number of hydrogen-bond donors (Lipinski definition) is 0. The minimum absolute atomic E-state index is 0.344. The summed E-state index contributed by atoms with van der Waals surface area (Å²) in [4.78, 5) is 4.52. The molecule has 0 amide bonds. The standard InChI is InChI=1S/C34H28N2/c1-35(2)23-12-10-13-24(22-23)36(3)32-21-11-17-28-27-16-6-9-20-31(27)34(33(28)32)29-18-7-4-14-25(29)26-15-5-8-19-30(26)34/h4-22H,1-3H3. The van der Waals surface area contributed by atoms with E-state index < -0.39 is 0 Å². The summed E-state index contributed by atoms with van der Waals surface area (Å²) >= 11 is 0. The van der Waals surface area contributed by atoms with Gasteiger partial charge in [0.15, 0.2) is 0 Å². The van der Waals surface area contributed by atoms with Crippen LogP contribution in [0.1, 0.15) is 22.3 Å². The second kappa shape index (κ2) is 7.60. The first kappa shape index (κ1) is 21.0. The van der Waals surface area contributed by atoms with Crippen molar-refractivity contribution in [3.63, 3.8) is 0 Å². The van der Waals surface area contributed by atoms with E-state index in [2.05, 4.69) is 146 Å². The van der Waals surface area contributed by atoms with Crippen LogP contribution in [0.25, 0.3) is 22.3 Å². The molecule has 2 aliphatic carbocycles. The molecular formula is C34H28N2. The molecule has 0 radical (unpaired) electrons. The predicted octanol–water partition coefficient (Wildman–Crippen LogP) is 7.86. The molecular weight excluding hydrogens is 436 g/mol. The van der Waals surface area contributed by atoms with Gasteiger partial charge in [-0.3, -0.25) is 0 Å². The van der Waals surface area contributed by atoms with Gasteiger partial charge in [0.25, 0.3) is 0 Å². The van der Waals surface area contributed by atoms with Crippen molar-refractivity contribution in [1.82, 2.24) is 0 Å². The van der Waals surface area contributed by atoms with Crippen LogP contribution in [0.15, 0.2) is 115 Å². The van der Waals surface area contributed by atoms with Gasteiger partial charge in [-0.1, -0.05) is 91.0 Å². The minimum Gasteiger partial charge on any atom is -0.378 e. The van der Waals surface area contributed by atoms with Gasteiger partial charge in [0.05, 0.1) is 5.41 Å². The Balaban J connectivity index is 1.58. The Bertz CT molecular complexity index is 1580. The van der Waals surface area contributed by atoms with Gasteiger partial charge in [-0.05, 0) is 63.2 Å². The van der Waals surface area contributed by atoms with E-state index in [1.165, 1.54) is 61.6 Å². The van der Waals surface area contributed by atoms with E-state index in [9.17, 15) is 0 Å². The first-order chi connectivity index (χ1) is 17.6. The Kier molecular flexibility index (Phi) is 4.44. The molecule has 0 fully saturated rings. The fourth-order valence-electron chi connectivity index (χ4n) is 6.53. The molecule has 0 atom stereocenters. The molecule has 0 N–H and O–H groups in total. The van der Waals surface area contributed by atoms with Crippen LogP contribution in [0.3, 0.4) is 0 Å². The van der Waals surface area contributed by atoms with Gasteiger partial charge in [0, 0.05) is 43.8 Å². The molecule has 2 heteroatoms. The fourth-order valence-corrected chi connectivity index (χ4v) is 6.53. The molecule has 2 nitrogen and oxygen atoms in total. The second-order valence-electron chi connectivity index (χ2n) is 10.1. The summed E-state index contributed by atoms with van der Waals surface area (Å²) in [5, 5.41) is 0. The Morgan fingerprint density at radius 2 is 0.944 bits per heavy atom. The lowest BCUT2D eigenvalue weighted by Gasteiger charge is -2.34. The van der Waals surface area contributed by atoms with E-state index in [1.807, 2.05) is 0 Å². The Hall–Kier alpha value is -4.30. The number of anilines is 3. The third-order valence-electron chi connectivity index (χ3n) is 8.09. The zero-order chi connectivity index (χ0) is 24.4. The third kappa shape index (κ3) is 2.62. The number of hydrogen-bond acceptors (Lipinski definition) is 2. The third-order valence-corrected chi connectivity index (χ3v) is 8.09. The van der Waals surface area contributed by atoms with E-state index in [1.54, 1.807) is 0 Å². The van der Waals surface area contributed by atoms with Crippen molar-refractivity contribution < 1.29 is 0 Å². The van der Waals surface area contributed by atoms with E-state index in [0.717, 1.165) is 0 Å². The Labute approximate surface area is 213 Å². The maximum absolute atomic E-state index is 2.36. The lowest BCUT2D eigenvalue weighted by molar-refractivity contribution is 0.791. The second-order valence-corrected chi connectivity index (χ2v) is 10.1. The molecule has 5 aromatic rings. The molecule has 36 heavy (non-hydrogen) atoms. The molecule has 0 heterocycles. The molecule has 0 saturated heterocycles. The van der Waals surface area contributed by atoms with E-state index in [4.69, 9.17) is 0 Å². The first-order valence-corrected chi connectivity index (χ1v) is 12.6. The number of benzene rings is 5. The number of fused-ring (bicyclic) bond motifs is 10. The lowest BCUT2D eigenvalue weighted by Crippen LogP contribution is -2.28. The van der Waals surface area contributed by atoms with Crippen molar-refractivity contribution in [1.29, 1.82) is 0 Å². The topological polar surface area (TPSA) is 6.48 Å². The first-order valence-electron chi connectivity index (χ1n) is 12.6. The van der Waals surface area contributed by atoms with E-state index in [0.29, 0.717) is 0 Å². The maximum Gasteiger partial charge on any atom is 0.0745 e. The predicted molar refractivity (Wildman–Crippen MR) is 152 cm³/mol. The van der Waals surface area contributed by atoms with Crippen LogP contribution in [-0.2, 0) is 5.41 Å². The molecule has 5 aromatic carbocycles. The van der Waals surface area contributed by atoms with Crippen LogP contribution >= 0.6 is 0 Å². The number of nitrogens with zero attached hydrogens (tertiary/aromatic N) is 2. The van der Waals surface area contributed by atoms with Gasteiger partial charge in [-0.15, -0.1) is 0 Å². The molecule has 0 saturated carbocycles. The molecule has 174 valence electrons. The summed E-state index contributed by atoms with van der Waals surface area (Å²) in [7, 11) is 6.39. The van der Waals surface area contributed by atoms with Crippen LogP contribution in [0.4, 0.5) is 17.1 Å². The zero-order valence-electron chi connectivity index (χ0n) is 20.9. The smallest absolute Gasteiger partial charge is 0.0745 e.